The second kappa shape index (κ2) is 7.50. The zero-order chi connectivity index (χ0) is 15.9. The normalized spacial score (nSPS) is 11.6. The molecule has 22 heavy (non-hydrogen) atoms. The van der Waals surface area contributed by atoms with Crippen molar-refractivity contribution >= 4 is 5.91 Å². The number of rotatable bonds is 6. The molecule has 0 aliphatic rings. The van der Waals surface area contributed by atoms with Crippen LogP contribution in [0.5, 0.6) is 11.5 Å². The van der Waals surface area contributed by atoms with E-state index in [1.54, 1.807) is 32.0 Å². The zero-order valence-corrected chi connectivity index (χ0v) is 13.2. The van der Waals surface area contributed by atoms with Crippen LogP contribution in [-0.2, 0) is 11.3 Å². The number of methoxy groups -OCH3 is 1. The maximum absolute atomic E-state index is 12.4. The minimum atomic E-state index is -0.555. The highest BCUT2D eigenvalue weighted by Gasteiger charge is 2.19. The van der Waals surface area contributed by atoms with E-state index in [2.05, 4.69) is 0 Å². The van der Waals surface area contributed by atoms with E-state index in [9.17, 15) is 4.79 Å². The van der Waals surface area contributed by atoms with Gasteiger partial charge in [0.25, 0.3) is 5.91 Å². The third-order valence-electron chi connectivity index (χ3n) is 3.34. The molecule has 0 heterocycles. The Morgan fingerprint density at radius 2 is 1.77 bits per heavy atom. The Morgan fingerprint density at radius 1 is 1.09 bits per heavy atom. The highest BCUT2D eigenvalue weighted by atomic mass is 16.5. The lowest BCUT2D eigenvalue weighted by atomic mass is 10.2. The standard InChI is InChI=1S/C18H21NO3/c1-14(22-17-11-7-10-16(12-17)21-3)18(20)19(2)13-15-8-5-4-6-9-15/h4-12,14H,13H2,1-3H3. The number of carbonyl (C=O) groups excluding carboxylic acids is 1. The number of carbonyl (C=O) groups is 1. The topological polar surface area (TPSA) is 38.8 Å². The average Bonchev–Trinajstić information content (AvgIpc) is 2.55. The molecular weight excluding hydrogens is 278 g/mol. The molecule has 0 aromatic heterocycles. The molecule has 0 radical (unpaired) electrons. The molecule has 0 saturated heterocycles. The number of ether oxygens (including phenoxy) is 2. The molecule has 2 aromatic carbocycles. The number of likely N-dealkylation sites (N-methyl/N-ethyl adjacent to an activating group) is 1. The van der Waals surface area contributed by atoms with E-state index in [0.29, 0.717) is 18.0 Å². The van der Waals surface area contributed by atoms with Crippen molar-refractivity contribution in [3.63, 3.8) is 0 Å². The van der Waals surface area contributed by atoms with Crippen LogP contribution in [0, 0.1) is 0 Å². The molecule has 1 unspecified atom stereocenters. The van der Waals surface area contributed by atoms with Crippen LogP contribution in [0.3, 0.4) is 0 Å². The summed E-state index contributed by atoms with van der Waals surface area (Å²) in [6, 6.07) is 17.1. The van der Waals surface area contributed by atoms with Crippen molar-refractivity contribution in [2.24, 2.45) is 0 Å². The first-order chi connectivity index (χ1) is 10.6. The molecule has 116 valence electrons. The Balaban J connectivity index is 1.96. The van der Waals surface area contributed by atoms with Crippen LogP contribution < -0.4 is 9.47 Å². The number of hydrogen-bond donors (Lipinski definition) is 0. The van der Waals surface area contributed by atoms with Gasteiger partial charge in [-0.1, -0.05) is 36.4 Å². The number of amides is 1. The highest BCUT2D eigenvalue weighted by molar-refractivity contribution is 5.80. The maximum Gasteiger partial charge on any atom is 0.263 e. The number of hydrogen-bond acceptors (Lipinski definition) is 3. The molecule has 1 amide bonds. The Hall–Kier alpha value is -2.49. The SMILES string of the molecule is COc1cccc(OC(C)C(=O)N(C)Cc2ccccc2)c1. The Labute approximate surface area is 131 Å². The van der Waals surface area contributed by atoms with Crippen molar-refractivity contribution in [3.05, 3.63) is 60.2 Å². The van der Waals surface area contributed by atoms with Crippen LogP contribution in [0.1, 0.15) is 12.5 Å². The molecule has 0 fully saturated rings. The van der Waals surface area contributed by atoms with Gasteiger partial charge in [0.2, 0.25) is 0 Å². The number of nitrogens with zero attached hydrogens (tertiary/aromatic N) is 1. The van der Waals surface area contributed by atoms with Gasteiger partial charge in [-0.2, -0.15) is 0 Å². The Kier molecular flexibility index (Phi) is 5.42. The van der Waals surface area contributed by atoms with Crippen LogP contribution in [0.4, 0.5) is 0 Å². The number of benzene rings is 2. The van der Waals surface area contributed by atoms with E-state index in [-0.39, 0.29) is 5.91 Å². The van der Waals surface area contributed by atoms with E-state index in [1.807, 2.05) is 48.5 Å². The van der Waals surface area contributed by atoms with Gasteiger partial charge in [0.15, 0.2) is 6.10 Å². The fourth-order valence-corrected chi connectivity index (χ4v) is 2.17. The summed E-state index contributed by atoms with van der Waals surface area (Å²) in [4.78, 5) is 14.0. The van der Waals surface area contributed by atoms with Crippen LogP contribution >= 0.6 is 0 Å². The fourth-order valence-electron chi connectivity index (χ4n) is 2.17. The van der Waals surface area contributed by atoms with E-state index in [0.717, 1.165) is 5.56 Å². The van der Waals surface area contributed by atoms with Gasteiger partial charge in [-0.15, -0.1) is 0 Å². The molecular formula is C18H21NO3. The van der Waals surface area contributed by atoms with Crippen LogP contribution in [-0.4, -0.2) is 31.1 Å². The van der Waals surface area contributed by atoms with E-state index in [4.69, 9.17) is 9.47 Å². The highest BCUT2D eigenvalue weighted by Crippen LogP contribution is 2.20. The van der Waals surface area contributed by atoms with E-state index in [1.165, 1.54) is 0 Å². The van der Waals surface area contributed by atoms with Gasteiger partial charge in [0.05, 0.1) is 7.11 Å². The minimum Gasteiger partial charge on any atom is -0.497 e. The van der Waals surface area contributed by atoms with Crippen LogP contribution in [0.25, 0.3) is 0 Å². The zero-order valence-electron chi connectivity index (χ0n) is 13.2. The van der Waals surface area contributed by atoms with E-state index < -0.39 is 6.10 Å². The van der Waals surface area contributed by atoms with Gasteiger partial charge >= 0.3 is 0 Å². The third kappa shape index (κ3) is 4.25. The van der Waals surface area contributed by atoms with Gasteiger partial charge in [-0.3, -0.25) is 4.79 Å². The van der Waals surface area contributed by atoms with Crippen LogP contribution in [0.2, 0.25) is 0 Å². The lowest BCUT2D eigenvalue weighted by Gasteiger charge is -2.22. The van der Waals surface area contributed by atoms with Crippen molar-refractivity contribution in [1.29, 1.82) is 0 Å². The first-order valence-electron chi connectivity index (χ1n) is 7.20. The minimum absolute atomic E-state index is 0.0633. The predicted octanol–water partition coefficient (Wildman–Crippen LogP) is 3.12. The summed E-state index contributed by atoms with van der Waals surface area (Å²) < 4.78 is 10.9. The van der Waals surface area contributed by atoms with Crippen molar-refractivity contribution in [2.75, 3.05) is 14.2 Å². The molecule has 0 spiro atoms. The third-order valence-corrected chi connectivity index (χ3v) is 3.34. The van der Waals surface area contributed by atoms with Crippen molar-refractivity contribution < 1.29 is 14.3 Å². The quantitative estimate of drug-likeness (QED) is 0.822. The molecule has 4 nitrogen and oxygen atoms in total. The summed E-state index contributed by atoms with van der Waals surface area (Å²) in [5, 5.41) is 0. The Bertz CT molecular complexity index is 613. The summed E-state index contributed by atoms with van der Waals surface area (Å²) >= 11 is 0. The molecule has 0 aliphatic carbocycles. The summed E-state index contributed by atoms with van der Waals surface area (Å²) in [6.07, 6.45) is -0.555. The second-order valence-electron chi connectivity index (χ2n) is 5.12. The molecule has 0 bridgehead atoms. The van der Waals surface area contributed by atoms with Crippen molar-refractivity contribution in [1.82, 2.24) is 4.90 Å². The fraction of sp³-hybridized carbons (Fsp3) is 0.278. The molecule has 0 aliphatic heterocycles. The lowest BCUT2D eigenvalue weighted by molar-refractivity contribution is -0.137. The second-order valence-corrected chi connectivity index (χ2v) is 5.12. The van der Waals surface area contributed by atoms with Gasteiger partial charge in [0, 0.05) is 19.7 Å². The summed E-state index contributed by atoms with van der Waals surface area (Å²) in [5.41, 5.74) is 1.09. The smallest absolute Gasteiger partial charge is 0.263 e. The van der Waals surface area contributed by atoms with Gasteiger partial charge in [-0.25, -0.2) is 0 Å². The van der Waals surface area contributed by atoms with Gasteiger partial charge < -0.3 is 14.4 Å². The average molecular weight is 299 g/mol. The molecule has 0 N–H and O–H groups in total. The lowest BCUT2D eigenvalue weighted by Crippen LogP contribution is -2.37. The maximum atomic E-state index is 12.4. The summed E-state index contributed by atoms with van der Waals surface area (Å²) in [6.45, 7) is 2.31. The monoisotopic (exact) mass is 299 g/mol. The molecule has 0 saturated carbocycles. The van der Waals surface area contributed by atoms with Crippen molar-refractivity contribution in [3.8, 4) is 11.5 Å². The molecule has 2 rings (SSSR count). The predicted molar refractivity (Wildman–Crippen MR) is 86.0 cm³/mol. The van der Waals surface area contributed by atoms with Gasteiger partial charge in [-0.05, 0) is 24.6 Å². The largest absolute Gasteiger partial charge is 0.497 e. The molecule has 1 atom stereocenters. The Morgan fingerprint density at radius 3 is 2.45 bits per heavy atom. The molecule has 2 aromatic rings. The van der Waals surface area contributed by atoms with Crippen LogP contribution in [0.15, 0.2) is 54.6 Å². The first-order valence-corrected chi connectivity index (χ1v) is 7.20. The summed E-state index contributed by atoms with van der Waals surface area (Å²) in [7, 11) is 3.38. The van der Waals surface area contributed by atoms with Gasteiger partial charge in [0.1, 0.15) is 11.5 Å². The van der Waals surface area contributed by atoms with Crippen molar-refractivity contribution in [2.45, 2.75) is 19.6 Å². The summed E-state index contributed by atoms with van der Waals surface area (Å²) in [5.74, 6) is 1.26. The molecule has 4 heteroatoms. The first kappa shape index (κ1) is 15.9. The van der Waals surface area contributed by atoms with E-state index >= 15 is 0 Å².